The van der Waals surface area contributed by atoms with Gasteiger partial charge in [0.1, 0.15) is 0 Å². The second-order valence-corrected chi connectivity index (χ2v) is 7.59. The second-order valence-electron chi connectivity index (χ2n) is 5.58. The Morgan fingerprint density at radius 1 is 1.30 bits per heavy atom. The second kappa shape index (κ2) is 7.20. The van der Waals surface area contributed by atoms with Crippen molar-refractivity contribution < 1.29 is 8.42 Å². The summed E-state index contributed by atoms with van der Waals surface area (Å²) in [6, 6.07) is 5.46. The van der Waals surface area contributed by atoms with E-state index in [-0.39, 0.29) is 0 Å². The van der Waals surface area contributed by atoms with Crippen LogP contribution in [0.2, 0.25) is 0 Å². The molecule has 1 aromatic rings. The van der Waals surface area contributed by atoms with E-state index >= 15 is 0 Å². The number of hydrogen-bond donors (Lipinski definition) is 1. The minimum absolute atomic E-state index is 0.413. The third kappa shape index (κ3) is 4.04. The van der Waals surface area contributed by atoms with Gasteiger partial charge in [-0.2, -0.15) is 0 Å². The van der Waals surface area contributed by atoms with Crippen molar-refractivity contribution in [1.82, 2.24) is 9.62 Å². The minimum atomic E-state index is -3.40. The summed E-state index contributed by atoms with van der Waals surface area (Å²) < 4.78 is 26.7. The molecule has 0 amide bonds. The molecule has 0 spiro atoms. The molecule has 0 aliphatic heterocycles. The van der Waals surface area contributed by atoms with Gasteiger partial charge in [-0.15, -0.1) is 0 Å². The molecule has 0 radical (unpaired) electrons. The van der Waals surface area contributed by atoms with Crippen LogP contribution in [-0.4, -0.2) is 33.4 Å². The number of nitrogens with zero attached hydrogens (tertiary/aromatic N) is 1. The van der Waals surface area contributed by atoms with Crippen molar-refractivity contribution in [3.05, 3.63) is 29.3 Å². The van der Waals surface area contributed by atoms with Gasteiger partial charge in [0.25, 0.3) is 0 Å². The van der Waals surface area contributed by atoms with E-state index in [1.54, 1.807) is 13.1 Å². The smallest absolute Gasteiger partial charge is 0.243 e. The molecular weight excluding hydrogens is 272 g/mol. The summed E-state index contributed by atoms with van der Waals surface area (Å²) >= 11 is 0. The van der Waals surface area contributed by atoms with Crippen molar-refractivity contribution in [2.75, 3.05) is 20.6 Å². The third-order valence-electron chi connectivity index (χ3n) is 3.47. The number of hydrogen-bond acceptors (Lipinski definition) is 3. The zero-order chi connectivity index (χ0) is 15.3. The zero-order valence-corrected chi connectivity index (χ0v) is 13.9. The lowest BCUT2D eigenvalue weighted by Gasteiger charge is -2.20. The Morgan fingerprint density at radius 3 is 2.50 bits per heavy atom. The maximum Gasteiger partial charge on any atom is 0.243 e. The number of nitrogens with one attached hydrogen (secondary N) is 1. The highest BCUT2D eigenvalue weighted by Gasteiger charge is 2.23. The molecule has 1 N–H and O–H groups in total. The first-order valence-electron chi connectivity index (χ1n) is 7.00. The maximum atomic E-state index is 12.6. The molecule has 1 rings (SSSR count). The molecular formula is C15H26N2O2S. The van der Waals surface area contributed by atoms with Gasteiger partial charge in [0.2, 0.25) is 10.0 Å². The predicted octanol–water partition coefficient (Wildman–Crippen LogP) is 2.38. The van der Waals surface area contributed by atoms with E-state index in [2.05, 4.69) is 19.2 Å². The molecule has 1 aromatic carbocycles. The molecule has 5 heteroatoms. The standard InChI is InChI=1S/C15H26N2O2S/c1-12(2)9-10-17(5)20(18,19)15-8-6-7-14(11-16-4)13(15)3/h6-8,12,16H,9-11H2,1-5H3. The van der Waals surface area contributed by atoms with Crippen LogP contribution in [0.25, 0.3) is 0 Å². The van der Waals surface area contributed by atoms with Gasteiger partial charge in [-0.05, 0) is 43.5 Å². The van der Waals surface area contributed by atoms with Gasteiger partial charge in [-0.3, -0.25) is 0 Å². The number of benzene rings is 1. The molecule has 0 aromatic heterocycles. The summed E-state index contributed by atoms with van der Waals surface area (Å²) in [7, 11) is 0.111. The summed E-state index contributed by atoms with van der Waals surface area (Å²) in [4.78, 5) is 0.413. The molecule has 0 heterocycles. The van der Waals surface area contributed by atoms with Gasteiger partial charge < -0.3 is 5.32 Å². The first-order valence-corrected chi connectivity index (χ1v) is 8.44. The van der Waals surface area contributed by atoms with Crippen molar-refractivity contribution in [2.24, 2.45) is 5.92 Å². The van der Waals surface area contributed by atoms with Gasteiger partial charge >= 0.3 is 0 Å². The van der Waals surface area contributed by atoms with Crippen molar-refractivity contribution in [3.63, 3.8) is 0 Å². The molecule has 0 fully saturated rings. The molecule has 0 aliphatic rings. The maximum absolute atomic E-state index is 12.6. The lowest BCUT2D eigenvalue weighted by atomic mass is 10.1. The summed E-state index contributed by atoms with van der Waals surface area (Å²) in [5.41, 5.74) is 1.85. The van der Waals surface area contributed by atoms with Gasteiger partial charge in [-0.25, -0.2) is 12.7 Å². The van der Waals surface area contributed by atoms with Crippen LogP contribution in [-0.2, 0) is 16.6 Å². The summed E-state index contributed by atoms with van der Waals surface area (Å²) in [5.74, 6) is 0.490. The lowest BCUT2D eigenvalue weighted by Crippen LogP contribution is -2.29. The summed E-state index contributed by atoms with van der Waals surface area (Å²) in [5, 5.41) is 3.06. The Kier molecular flexibility index (Phi) is 6.17. The lowest BCUT2D eigenvalue weighted by molar-refractivity contribution is 0.427. The van der Waals surface area contributed by atoms with E-state index in [0.717, 1.165) is 17.5 Å². The fraction of sp³-hybridized carbons (Fsp3) is 0.600. The molecule has 0 saturated carbocycles. The minimum Gasteiger partial charge on any atom is -0.316 e. The van der Waals surface area contributed by atoms with E-state index < -0.39 is 10.0 Å². The Morgan fingerprint density at radius 2 is 1.95 bits per heavy atom. The normalized spacial score (nSPS) is 12.3. The Hall–Kier alpha value is -0.910. The Balaban J connectivity index is 3.06. The van der Waals surface area contributed by atoms with Gasteiger partial charge in [0.05, 0.1) is 4.90 Å². The molecule has 0 unspecified atom stereocenters. The van der Waals surface area contributed by atoms with E-state index in [1.165, 1.54) is 4.31 Å². The number of rotatable bonds is 7. The van der Waals surface area contributed by atoms with Crippen molar-refractivity contribution in [2.45, 2.75) is 38.6 Å². The molecule has 0 aliphatic carbocycles. The molecule has 4 nitrogen and oxygen atoms in total. The third-order valence-corrected chi connectivity index (χ3v) is 5.47. The van der Waals surface area contributed by atoms with E-state index in [0.29, 0.717) is 23.9 Å². The Bertz CT molecular complexity index is 539. The summed E-state index contributed by atoms with van der Waals surface area (Å²) in [6.45, 7) is 7.29. The van der Waals surface area contributed by atoms with Crippen LogP contribution in [0.4, 0.5) is 0 Å². The molecule has 114 valence electrons. The quantitative estimate of drug-likeness (QED) is 0.841. The highest BCUT2D eigenvalue weighted by molar-refractivity contribution is 7.89. The van der Waals surface area contributed by atoms with Crippen LogP contribution in [0.15, 0.2) is 23.1 Å². The van der Waals surface area contributed by atoms with Crippen molar-refractivity contribution >= 4 is 10.0 Å². The first kappa shape index (κ1) is 17.1. The molecule has 0 bridgehead atoms. The van der Waals surface area contributed by atoms with Crippen molar-refractivity contribution in [1.29, 1.82) is 0 Å². The highest BCUT2D eigenvalue weighted by Crippen LogP contribution is 2.22. The topological polar surface area (TPSA) is 49.4 Å². The van der Waals surface area contributed by atoms with Crippen LogP contribution in [0.3, 0.4) is 0 Å². The summed E-state index contributed by atoms with van der Waals surface area (Å²) in [6.07, 6.45) is 0.866. The van der Waals surface area contributed by atoms with Gasteiger partial charge in [-0.1, -0.05) is 26.0 Å². The van der Waals surface area contributed by atoms with Crippen LogP contribution >= 0.6 is 0 Å². The van der Waals surface area contributed by atoms with Crippen LogP contribution in [0.5, 0.6) is 0 Å². The van der Waals surface area contributed by atoms with E-state index in [9.17, 15) is 8.42 Å². The first-order chi connectivity index (χ1) is 9.30. The fourth-order valence-corrected chi connectivity index (χ4v) is 3.50. The SMILES string of the molecule is CNCc1cccc(S(=O)(=O)N(C)CCC(C)C)c1C. The van der Waals surface area contributed by atoms with Crippen molar-refractivity contribution in [3.8, 4) is 0 Å². The van der Waals surface area contributed by atoms with Gasteiger partial charge in [0, 0.05) is 20.1 Å². The average molecular weight is 298 g/mol. The molecule has 0 saturated heterocycles. The van der Waals surface area contributed by atoms with Crippen LogP contribution < -0.4 is 5.32 Å². The highest BCUT2D eigenvalue weighted by atomic mass is 32.2. The fourth-order valence-electron chi connectivity index (χ4n) is 2.05. The Labute approximate surface area is 123 Å². The van der Waals surface area contributed by atoms with Crippen LogP contribution in [0.1, 0.15) is 31.4 Å². The molecule has 20 heavy (non-hydrogen) atoms. The number of sulfonamides is 1. The van der Waals surface area contributed by atoms with Crippen LogP contribution in [0, 0.1) is 12.8 Å². The predicted molar refractivity (Wildman–Crippen MR) is 83.2 cm³/mol. The van der Waals surface area contributed by atoms with Gasteiger partial charge in [0.15, 0.2) is 0 Å². The average Bonchev–Trinajstić information content (AvgIpc) is 2.38. The van der Waals surface area contributed by atoms with E-state index in [4.69, 9.17) is 0 Å². The van der Waals surface area contributed by atoms with E-state index in [1.807, 2.05) is 26.1 Å². The zero-order valence-electron chi connectivity index (χ0n) is 13.1. The monoisotopic (exact) mass is 298 g/mol. The largest absolute Gasteiger partial charge is 0.316 e. The molecule has 0 atom stereocenters.